The molecule has 1 fully saturated rings. The molecule has 24 heavy (non-hydrogen) atoms. The third kappa shape index (κ3) is 5.85. The number of imide groups is 1. The monoisotopic (exact) mass is 333 g/mol. The minimum Gasteiger partial charge on any atom is -0.374 e. The zero-order valence-corrected chi connectivity index (χ0v) is 14.4. The molecule has 1 saturated carbocycles. The second-order valence-electron chi connectivity index (χ2n) is 6.62. The van der Waals surface area contributed by atoms with Gasteiger partial charge in [0.2, 0.25) is 5.91 Å². The SMILES string of the molecule is C[C@@H]1CCC[C@@H](OCc2cccc(N[C@H](C)C(=O)NC(N)=O)c2)C1. The molecule has 2 rings (SSSR count). The van der Waals surface area contributed by atoms with Crippen LogP contribution in [0.4, 0.5) is 10.5 Å². The van der Waals surface area contributed by atoms with Gasteiger partial charge in [-0.3, -0.25) is 10.1 Å². The maximum Gasteiger partial charge on any atom is 0.318 e. The molecule has 0 bridgehead atoms. The Morgan fingerprint density at radius 3 is 2.88 bits per heavy atom. The second-order valence-corrected chi connectivity index (χ2v) is 6.62. The van der Waals surface area contributed by atoms with Crippen molar-refractivity contribution in [2.75, 3.05) is 5.32 Å². The fourth-order valence-corrected chi connectivity index (χ4v) is 3.04. The van der Waals surface area contributed by atoms with Gasteiger partial charge in [-0.1, -0.05) is 31.9 Å². The fourth-order valence-electron chi connectivity index (χ4n) is 3.04. The van der Waals surface area contributed by atoms with E-state index in [4.69, 9.17) is 10.5 Å². The number of benzene rings is 1. The van der Waals surface area contributed by atoms with Gasteiger partial charge >= 0.3 is 6.03 Å². The Balaban J connectivity index is 1.86. The summed E-state index contributed by atoms with van der Waals surface area (Å²) in [6.07, 6.45) is 5.13. The smallest absolute Gasteiger partial charge is 0.318 e. The lowest BCUT2D eigenvalue weighted by Gasteiger charge is -2.26. The van der Waals surface area contributed by atoms with Crippen LogP contribution in [0.3, 0.4) is 0 Å². The average molecular weight is 333 g/mol. The van der Waals surface area contributed by atoms with Gasteiger partial charge in [0.1, 0.15) is 6.04 Å². The molecule has 0 aliphatic heterocycles. The van der Waals surface area contributed by atoms with Crippen LogP contribution < -0.4 is 16.4 Å². The molecule has 6 nitrogen and oxygen atoms in total. The van der Waals surface area contributed by atoms with Crippen LogP contribution in [0.1, 0.15) is 45.1 Å². The number of primary amides is 1. The first-order valence-electron chi connectivity index (χ1n) is 8.51. The van der Waals surface area contributed by atoms with E-state index in [0.717, 1.165) is 30.0 Å². The summed E-state index contributed by atoms with van der Waals surface area (Å²) in [5.41, 5.74) is 6.82. The standard InChI is InChI=1S/C18H27N3O3/c1-12-5-3-8-16(9-12)24-11-14-6-4-7-15(10-14)20-13(2)17(22)21-18(19)23/h4,6-7,10,12-13,16,20H,3,5,8-9,11H2,1-2H3,(H3,19,21,22,23)/t12-,13-,16-/m1/s1. The molecule has 132 valence electrons. The molecule has 1 aromatic carbocycles. The number of rotatable bonds is 6. The van der Waals surface area contributed by atoms with Crippen molar-refractivity contribution in [2.24, 2.45) is 11.7 Å². The Hall–Kier alpha value is -2.08. The topological polar surface area (TPSA) is 93.4 Å². The van der Waals surface area contributed by atoms with E-state index in [2.05, 4.69) is 17.6 Å². The maximum absolute atomic E-state index is 11.7. The predicted octanol–water partition coefficient (Wildman–Crippen LogP) is 2.78. The van der Waals surface area contributed by atoms with Crippen molar-refractivity contribution in [1.29, 1.82) is 0 Å². The summed E-state index contributed by atoms with van der Waals surface area (Å²) in [6.45, 7) is 4.51. The van der Waals surface area contributed by atoms with Crippen LogP contribution in [0.5, 0.6) is 0 Å². The lowest BCUT2D eigenvalue weighted by atomic mass is 9.89. The first-order valence-corrected chi connectivity index (χ1v) is 8.51. The quantitative estimate of drug-likeness (QED) is 0.746. The highest BCUT2D eigenvalue weighted by Crippen LogP contribution is 2.26. The van der Waals surface area contributed by atoms with Gasteiger partial charge in [-0.25, -0.2) is 4.79 Å². The van der Waals surface area contributed by atoms with E-state index in [1.54, 1.807) is 6.92 Å². The molecular weight excluding hydrogens is 306 g/mol. The van der Waals surface area contributed by atoms with Gasteiger partial charge in [0.05, 0.1) is 12.7 Å². The number of urea groups is 1. The van der Waals surface area contributed by atoms with Crippen LogP contribution in [-0.4, -0.2) is 24.1 Å². The van der Waals surface area contributed by atoms with E-state index < -0.39 is 18.0 Å². The summed E-state index contributed by atoms with van der Waals surface area (Å²) in [4.78, 5) is 22.4. The number of carbonyl (C=O) groups is 2. The zero-order valence-electron chi connectivity index (χ0n) is 14.4. The highest BCUT2D eigenvalue weighted by atomic mass is 16.5. The first-order chi connectivity index (χ1) is 11.4. The number of amides is 3. The van der Waals surface area contributed by atoms with E-state index in [1.807, 2.05) is 24.3 Å². The van der Waals surface area contributed by atoms with Gasteiger partial charge in [0, 0.05) is 5.69 Å². The Bertz CT molecular complexity index is 576. The Morgan fingerprint density at radius 2 is 2.17 bits per heavy atom. The van der Waals surface area contributed by atoms with Gasteiger partial charge in [0.15, 0.2) is 0 Å². The van der Waals surface area contributed by atoms with E-state index in [-0.39, 0.29) is 0 Å². The molecule has 1 aliphatic carbocycles. The number of anilines is 1. The Kier molecular flexibility index (Phi) is 6.61. The van der Waals surface area contributed by atoms with Gasteiger partial charge in [-0.2, -0.15) is 0 Å². The third-order valence-electron chi connectivity index (χ3n) is 4.32. The highest BCUT2D eigenvalue weighted by molar-refractivity contribution is 5.97. The lowest BCUT2D eigenvalue weighted by Crippen LogP contribution is -2.43. The van der Waals surface area contributed by atoms with Gasteiger partial charge in [-0.15, -0.1) is 0 Å². The largest absolute Gasteiger partial charge is 0.374 e. The number of hydrogen-bond donors (Lipinski definition) is 3. The highest BCUT2D eigenvalue weighted by Gasteiger charge is 2.19. The average Bonchev–Trinajstić information content (AvgIpc) is 2.53. The Morgan fingerprint density at radius 1 is 1.38 bits per heavy atom. The molecule has 1 aliphatic rings. The van der Waals surface area contributed by atoms with Crippen LogP contribution in [0.2, 0.25) is 0 Å². The molecule has 0 heterocycles. The molecule has 0 radical (unpaired) electrons. The summed E-state index contributed by atoms with van der Waals surface area (Å²) in [7, 11) is 0. The number of carbonyl (C=O) groups excluding carboxylic acids is 2. The molecular formula is C18H27N3O3. The summed E-state index contributed by atoms with van der Waals surface area (Å²) >= 11 is 0. The van der Waals surface area contributed by atoms with Crippen molar-refractivity contribution >= 4 is 17.6 Å². The van der Waals surface area contributed by atoms with Crippen molar-refractivity contribution in [3.8, 4) is 0 Å². The molecule has 0 aromatic heterocycles. The van der Waals surface area contributed by atoms with Crippen molar-refractivity contribution in [2.45, 2.75) is 58.3 Å². The van der Waals surface area contributed by atoms with E-state index in [1.165, 1.54) is 12.8 Å². The van der Waals surface area contributed by atoms with Crippen LogP contribution in [-0.2, 0) is 16.1 Å². The van der Waals surface area contributed by atoms with E-state index in [0.29, 0.717) is 12.7 Å². The molecule has 1 aromatic rings. The van der Waals surface area contributed by atoms with Crippen LogP contribution >= 0.6 is 0 Å². The number of hydrogen-bond acceptors (Lipinski definition) is 4. The maximum atomic E-state index is 11.7. The predicted molar refractivity (Wildman–Crippen MR) is 93.5 cm³/mol. The minimum atomic E-state index is -0.850. The third-order valence-corrected chi connectivity index (χ3v) is 4.32. The number of ether oxygens (including phenoxy) is 1. The summed E-state index contributed by atoms with van der Waals surface area (Å²) in [5.74, 6) is 0.279. The Labute approximate surface area is 143 Å². The minimum absolute atomic E-state index is 0.339. The van der Waals surface area contributed by atoms with Crippen molar-refractivity contribution in [3.63, 3.8) is 0 Å². The summed E-state index contributed by atoms with van der Waals surface area (Å²) < 4.78 is 6.03. The number of nitrogens with two attached hydrogens (primary N) is 1. The second kappa shape index (κ2) is 8.68. The normalized spacial score (nSPS) is 21.8. The summed E-state index contributed by atoms with van der Waals surface area (Å²) in [5, 5.41) is 5.12. The molecule has 0 spiro atoms. The van der Waals surface area contributed by atoms with Gasteiger partial charge < -0.3 is 15.8 Å². The lowest BCUT2D eigenvalue weighted by molar-refractivity contribution is -0.120. The number of nitrogens with one attached hydrogen (secondary N) is 2. The van der Waals surface area contributed by atoms with Crippen molar-refractivity contribution in [1.82, 2.24) is 5.32 Å². The van der Waals surface area contributed by atoms with Gasteiger partial charge in [-0.05, 0) is 43.4 Å². The van der Waals surface area contributed by atoms with Crippen LogP contribution in [0.25, 0.3) is 0 Å². The fraction of sp³-hybridized carbons (Fsp3) is 0.556. The van der Waals surface area contributed by atoms with Crippen molar-refractivity contribution < 1.29 is 14.3 Å². The van der Waals surface area contributed by atoms with Crippen LogP contribution in [0.15, 0.2) is 24.3 Å². The van der Waals surface area contributed by atoms with Crippen molar-refractivity contribution in [3.05, 3.63) is 29.8 Å². The first kappa shape index (κ1) is 18.3. The molecule has 0 unspecified atom stereocenters. The zero-order chi connectivity index (χ0) is 17.5. The van der Waals surface area contributed by atoms with E-state index in [9.17, 15) is 9.59 Å². The summed E-state index contributed by atoms with van der Waals surface area (Å²) in [6, 6.07) is 6.35. The van der Waals surface area contributed by atoms with E-state index >= 15 is 0 Å². The molecule has 0 saturated heterocycles. The van der Waals surface area contributed by atoms with Gasteiger partial charge in [0.25, 0.3) is 0 Å². The molecule has 4 N–H and O–H groups in total. The van der Waals surface area contributed by atoms with Crippen LogP contribution in [0, 0.1) is 5.92 Å². The molecule has 3 amide bonds. The molecule has 6 heteroatoms. The molecule has 3 atom stereocenters.